The molecule has 0 heterocycles. The van der Waals surface area contributed by atoms with Crippen LogP contribution in [-0.4, -0.2) is 38.7 Å². The van der Waals surface area contributed by atoms with E-state index < -0.39 is 14.5 Å². The maximum atomic E-state index is 9.62. The Balaban J connectivity index is -0.0000000417. The summed E-state index contributed by atoms with van der Waals surface area (Å²) in [6.07, 6.45) is 0. The Labute approximate surface area is 106 Å². The Kier molecular flexibility index (Phi) is 34.0. The Bertz CT molecular complexity index is 178. The molecule has 0 fully saturated rings. The van der Waals surface area contributed by atoms with E-state index in [0.717, 1.165) is 28.4 Å². The largest absolute Gasteiger partial charge is 0.812 e. The summed E-state index contributed by atoms with van der Waals surface area (Å²) in [6.45, 7) is -3.81. The molecule has 0 saturated carbocycles. The first-order chi connectivity index (χ1) is 7.12. The fraction of sp³-hybridized carbons (Fsp3) is 1.00. The van der Waals surface area contributed by atoms with Crippen LogP contribution in [0.5, 0.6) is 0 Å². The lowest BCUT2D eigenvalue weighted by molar-refractivity contribution is -0.339. The lowest BCUT2D eigenvalue weighted by atomic mass is 11.8. The van der Waals surface area contributed by atoms with Gasteiger partial charge in [-0.2, -0.15) is 0 Å². The smallest absolute Gasteiger partial charge is 0.0592 e. The minimum atomic E-state index is -4.65. The van der Waals surface area contributed by atoms with Crippen molar-refractivity contribution in [3.8, 4) is 0 Å². The second-order valence-corrected chi connectivity index (χ2v) is 5.12. The van der Waals surface area contributed by atoms with Crippen molar-refractivity contribution in [2.24, 2.45) is 0 Å². The Morgan fingerprint density at radius 2 is 1.06 bits per heavy atom. The first kappa shape index (κ1) is 30.5. The van der Waals surface area contributed by atoms with Crippen LogP contribution in [-0.2, 0) is 25.4 Å². The zero-order chi connectivity index (χ0) is 14.4. The molecule has 0 atom stereocenters. The van der Waals surface area contributed by atoms with Crippen molar-refractivity contribution in [1.82, 2.24) is 0 Å². The van der Waals surface area contributed by atoms with E-state index in [0.29, 0.717) is 0 Å². The molecule has 12 heteroatoms. The Morgan fingerprint density at radius 3 is 1.06 bits per heavy atom. The highest BCUT2D eigenvalue weighted by Crippen LogP contribution is 2.21. The fourth-order valence-corrected chi connectivity index (χ4v) is 0. The van der Waals surface area contributed by atoms with Gasteiger partial charge in [-0.05, 0) is 0 Å². The standard InChI is InChI=1S/CH5O4P.CH5O3PS.2CH4O.CH4/c1-5-6(2,3)4;1-4-5(2,3)6;2*1-2;/h1H3,(H2,2,3,4);1H3,(H2,2,3,6);2*2H,1H3;1H4/p-4. The molecule has 0 radical (unpaired) electrons. The summed E-state index contributed by atoms with van der Waals surface area (Å²) in [6, 6.07) is 0. The highest BCUT2D eigenvalue weighted by atomic mass is 32.5. The van der Waals surface area contributed by atoms with Crippen molar-refractivity contribution in [2.45, 2.75) is 7.43 Å². The molecular weight excluding hydrogens is 298 g/mol. The maximum absolute atomic E-state index is 9.62. The Morgan fingerprint density at radius 1 is 0.941 bits per heavy atom. The predicted molar refractivity (Wildman–Crippen MR) is 58.9 cm³/mol. The number of aliphatic hydroxyl groups excluding tert-OH is 2. The summed E-state index contributed by atoms with van der Waals surface area (Å²) < 4.78 is 16.4. The van der Waals surface area contributed by atoms with Crippen LogP contribution in [0.25, 0.3) is 0 Å². The number of phosphoric acid groups is 1. The van der Waals surface area contributed by atoms with E-state index in [1.807, 2.05) is 0 Å². The SMILES string of the molecule is C.CO.CO.COP(=O)([O-])[O-].COP([O-])([O-])=S. The minimum absolute atomic E-state index is 0. The Hall–Kier alpha value is 0.560. The van der Waals surface area contributed by atoms with Crippen LogP contribution in [0.1, 0.15) is 7.43 Å². The van der Waals surface area contributed by atoms with Gasteiger partial charge in [-0.3, -0.25) is 0 Å². The molecule has 0 bridgehead atoms. The van der Waals surface area contributed by atoms with Crippen LogP contribution in [0.3, 0.4) is 0 Å². The normalized spacial score (nSPS) is 9.06. The fourth-order valence-electron chi connectivity index (χ4n) is 0. The van der Waals surface area contributed by atoms with E-state index in [1.165, 1.54) is 0 Å². The molecule has 0 saturated heterocycles. The monoisotopic (exact) mass is 316 g/mol. The van der Waals surface area contributed by atoms with Gasteiger partial charge in [0.25, 0.3) is 0 Å². The summed E-state index contributed by atoms with van der Waals surface area (Å²) in [4.78, 5) is 37.7. The molecule has 0 aromatic carbocycles. The van der Waals surface area contributed by atoms with E-state index in [9.17, 15) is 24.1 Å². The van der Waals surface area contributed by atoms with Crippen LogP contribution < -0.4 is 19.6 Å². The van der Waals surface area contributed by atoms with E-state index in [2.05, 4.69) is 20.9 Å². The maximum Gasteiger partial charge on any atom is 0.0592 e. The van der Waals surface area contributed by atoms with Gasteiger partial charge >= 0.3 is 0 Å². The minimum Gasteiger partial charge on any atom is -0.812 e. The second kappa shape index (κ2) is 18.9. The predicted octanol–water partition coefficient (Wildman–Crippen LogP) is -3.11. The average molecular weight is 316 g/mol. The number of rotatable bonds is 2. The van der Waals surface area contributed by atoms with Gasteiger partial charge in [0.05, 0.1) is 7.82 Å². The molecule has 0 spiro atoms. The summed E-state index contributed by atoms with van der Waals surface area (Å²) in [5, 5.41) is 14.0. The molecule has 0 aliphatic carbocycles. The average Bonchev–Trinajstić information content (AvgIpc) is 2.23. The van der Waals surface area contributed by atoms with Crippen molar-refractivity contribution in [2.75, 3.05) is 28.4 Å². The third-order valence-corrected chi connectivity index (χ3v) is 1.79. The van der Waals surface area contributed by atoms with Crippen LogP contribution in [0.2, 0.25) is 0 Å². The van der Waals surface area contributed by atoms with E-state index >= 15 is 0 Å². The summed E-state index contributed by atoms with van der Waals surface area (Å²) in [5.41, 5.74) is 0. The van der Waals surface area contributed by atoms with Crippen molar-refractivity contribution in [3.63, 3.8) is 0 Å². The second-order valence-electron chi connectivity index (χ2n) is 1.26. The molecule has 9 nitrogen and oxygen atoms in total. The summed E-state index contributed by atoms with van der Waals surface area (Å²) in [5.74, 6) is 0. The molecule has 0 aromatic rings. The molecule has 0 aliphatic heterocycles. The molecule has 112 valence electrons. The van der Waals surface area contributed by atoms with Gasteiger partial charge < -0.3 is 43.4 Å². The van der Waals surface area contributed by atoms with Gasteiger partial charge in [-0.15, -0.1) is 11.8 Å². The van der Waals surface area contributed by atoms with Gasteiger partial charge in [0, 0.05) is 28.4 Å². The lowest BCUT2D eigenvalue weighted by Crippen LogP contribution is -2.14. The first-order valence-corrected chi connectivity index (χ1v) is 7.19. The van der Waals surface area contributed by atoms with Crippen LogP contribution in [0.15, 0.2) is 0 Å². The summed E-state index contributed by atoms with van der Waals surface area (Å²) in [7, 11) is -0.798. The van der Waals surface area contributed by atoms with Gasteiger partial charge in [-0.25, -0.2) is 0 Å². The number of aliphatic hydroxyl groups is 2. The van der Waals surface area contributed by atoms with E-state index in [1.54, 1.807) is 0 Å². The highest BCUT2D eigenvalue weighted by Gasteiger charge is 1.75. The summed E-state index contributed by atoms with van der Waals surface area (Å²) >= 11 is 3.76. The van der Waals surface area contributed by atoms with Crippen LogP contribution >= 0.6 is 14.5 Å². The molecule has 0 unspecified atom stereocenters. The van der Waals surface area contributed by atoms with Crippen molar-refractivity contribution in [1.29, 1.82) is 0 Å². The molecule has 0 aromatic heterocycles. The third-order valence-electron chi connectivity index (χ3n) is 0.447. The van der Waals surface area contributed by atoms with Gasteiger partial charge in [0.15, 0.2) is 0 Å². The zero-order valence-electron chi connectivity index (χ0n) is 9.05. The molecule has 0 rings (SSSR count). The molecule has 2 N–H and O–H groups in total. The van der Waals surface area contributed by atoms with E-state index in [4.69, 9.17) is 10.2 Å². The van der Waals surface area contributed by atoms with Crippen LogP contribution in [0.4, 0.5) is 0 Å². The molecule has 0 amide bonds. The number of phosphoric ester groups is 1. The number of hydrogen-bond acceptors (Lipinski definition) is 10. The van der Waals surface area contributed by atoms with Gasteiger partial charge in [0.1, 0.15) is 0 Å². The van der Waals surface area contributed by atoms with Crippen molar-refractivity contribution in [3.05, 3.63) is 0 Å². The molecular formula is C5H18O9P2S-4. The number of hydrogen-bond donors (Lipinski definition) is 2. The quantitative estimate of drug-likeness (QED) is 0.497. The van der Waals surface area contributed by atoms with Crippen molar-refractivity contribution < 1.29 is 43.4 Å². The van der Waals surface area contributed by atoms with Crippen LogP contribution in [0, 0.1) is 0 Å². The zero-order valence-corrected chi connectivity index (χ0v) is 11.7. The first-order valence-electron chi connectivity index (χ1n) is 3.17. The van der Waals surface area contributed by atoms with Crippen molar-refractivity contribution >= 4 is 26.3 Å². The molecule has 17 heavy (non-hydrogen) atoms. The highest BCUT2D eigenvalue weighted by molar-refractivity contribution is 8.05. The van der Waals surface area contributed by atoms with E-state index in [-0.39, 0.29) is 7.43 Å². The third kappa shape index (κ3) is 81.6. The lowest BCUT2D eigenvalue weighted by Gasteiger charge is -2.31. The molecule has 0 aliphatic rings. The van der Waals surface area contributed by atoms with Gasteiger partial charge in [-0.1, -0.05) is 14.1 Å². The van der Waals surface area contributed by atoms with Gasteiger partial charge in [0.2, 0.25) is 0 Å². The topological polar surface area (TPSA) is 168 Å².